The minimum atomic E-state index is 0. The highest BCUT2D eigenvalue weighted by atomic mass is 35.5. The summed E-state index contributed by atoms with van der Waals surface area (Å²) < 4.78 is 0. The first kappa shape index (κ1) is 16.5. The lowest BCUT2D eigenvalue weighted by atomic mass is 9.97. The molecule has 0 spiro atoms. The quantitative estimate of drug-likeness (QED) is 0.829. The molecule has 1 N–H and O–H groups in total. The first-order chi connectivity index (χ1) is 6.95. The van der Waals surface area contributed by atoms with Crippen LogP contribution in [0.5, 0.6) is 0 Å². The van der Waals surface area contributed by atoms with Gasteiger partial charge in [-0.2, -0.15) is 0 Å². The molecule has 2 aliphatic heterocycles. The average molecular weight is 269 g/mol. The maximum absolute atomic E-state index is 3.45. The van der Waals surface area contributed by atoms with Gasteiger partial charge in [0, 0.05) is 6.54 Å². The van der Waals surface area contributed by atoms with E-state index in [-0.39, 0.29) is 24.8 Å². The normalized spacial score (nSPS) is 24.0. The van der Waals surface area contributed by atoms with Crippen LogP contribution < -0.4 is 5.32 Å². The van der Waals surface area contributed by atoms with Crippen molar-refractivity contribution in [1.82, 2.24) is 10.2 Å². The zero-order chi connectivity index (χ0) is 9.64. The zero-order valence-corrected chi connectivity index (χ0v) is 11.8. The van der Waals surface area contributed by atoms with E-state index in [0.717, 1.165) is 5.92 Å². The van der Waals surface area contributed by atoms with Crippen molar-refractivity contribution in [1.29, 1.82) is 0 Å². The summed E-state index contributed by atoms with van der Waals surface area (Å²) in [6.45, 7) is 6.60. The number of likely N-dealkylation sites (tertiary alicyclic amines) is 1. The molecule has 0 aromatic heterocycles. The van der Waals surface area contributed by atoms with E-state index in [2.05, 4.69) is 10.2 Å². The predicted molar refractivity (Wildman–Crippen MR) is 75.0 cm³/mol. The van der Waals surface area contributed by atoms with Crippen molar-refractivity contribution in [3.05, 3.63) is 0 Å². The number of piperidine rings is 1. The second kappa shape index (κ2) is 9.52. The molecule has 2 aliphatic rings. The lowest BCUT2D eigenvalue weighted by Gasteiger charge is -2.29. The number of rotatable bonds is 2. The molecule has 4 heteroatoms. The second-order valence-electron chi connectivity index (χ2n) is 4.91. The Kier molecular flexibility index (Phi) is 9.82. The fraction of sp³-hybridized carbons (Fsp3) is 1.00. The number of hydrogen-bond donors (Lipinski definition) is 1. The summed E-state index contributed by atoms with van der Waals surface area (Å²) in [4.78, 5) is 2.71. The van der Waals surface area contributed by atoms with Gasteiger partial charge in [-0.15, -0.1) is 24.8 Å². The van der Waals surface area contributed by atoms with Gasteiger partial charge in [0.25, 0.3) is 0 Å². The molecule has 0 bridgehead atoms. The maximum atomic E-state index is 3.45. The van der Waals surface area contributed by atoms with Crippen LogP contribution in [0.3, 0.4) is 0 Å². The highest BCUT2D eigenvalue weighted by Gasteiger charge is 2.17. The van der Waals surface area contributed by atoms with Crippen LogP contribution in [-0.4, -0.2) is 37.6 Å². The van der Waals surface area contributed by atoms with Crippen molar-refractivity contribution in [2.75, 3.05) is 32.7 Å². The SMILES string of the molecule is C1CCCN(CC2CCNCC2)CC1.Cl.Cl. The molecule has 0 aliphatic carbocycles. The highest BCUT2D eigenvalue weighted by Crippen LogP contribution is 2.16. The second-order valence-corrected chi connectivity index (χ2v) is 4.91. The van der Waals surface area contributed by atoms with Crippen molar-refractivity contribution < 1.29 is 0 Å². The summed E-state index contributed by atoms with van der Waals surface area (Å²) in [6.07, 6.45) is 8.59. The molecular formula is C12H26Cl2N2. The molecule has 2 heterocycles. The third-order valence-corrected chi connectivity index (χ3v) is 3.67. The van der Waals surface area contributed by atoms with Crippen LogP contribution in [0.25, 0.3) is 0 Å². The third kappa shape index (κ3) is 5.72. The Morgan fingerprint density at radius 2 is 1.44 bits per heavy atom. The third-order valence-electron chi connectivity index (χ3n) is 3.67. The number of nitrogens with zero attached hydrogens (tertiary/aromatic N) is 1. The van der Waals surface area contributed by atoms with Gasteiger partial charge >= 0.3 is 0 Å². The van der Waals surface area contributed by atoms with Gasteiger partial charge in [-0.05, 0) is 57.8 Å². The van der Waals surface area contributed by atoms with Crippen molar-refractivity contribution >= 4 is 24.8 Å². The van der Waals surface area contributed by atoms with Crippen LogP contribution in [-0.2, 0) is 0 Å². The first-order valence-electron chi connectivity index (χ1n) is 6.38. The Bertz CT molecular complexity index is 153. The van der Waals surface area contributed by atoms with Gasteiger partial charge < -0.3 is 10.2 Å². The first-order valence-corrected chi connectivity index (χ1v) is 6.38. The van der Waals surface area contributed by atoms with Crippen molar-refractivity contribution in [3.63, 3.8) is 0 Å². The molecule has 0 aromatic carbocycles. The summed E-state index contributed by atoms with van der Waals surface area (Å²) in [5.41, 5.74) is 0. The summed E-state index contributed by atoms with van der Waals surface area (Å²) in [7, 11) is 0. The molecular weight excluding hydrogens is 243 g/mol. The molecule has 2 saturated heterocycles. The summed E-state index contributed by atoms with van der Waals surface area (Å²) in [6, 6.07) is 0. The molecule has 0 saturated carbocycles. The fourth-order valence-electron chi connectivity index (χ4n) is 2.75. The van der Waals surface area contributed by atoms with Gasteiger partial charge in [0.15, 0.2) is 0 Å². The summed E-state index contributed by atoms with van der Waals surface area (Å²) in [5.74, 6) is 0.981. The van der Waals surface area contributed by atoms with Gasteiger partial charge in [0.2, 0.25) is 0 Å². The zero-order valence-electron chi connectivity index (χ0n) is 10.1. The van der Waals surface area contributed by atoms with Crippen molar-refractivity contribution in [2.24, 2.45) is 5.92 Å². The fourth-order valence-corrected chi connectivity index (χ4v) is 2.75. The molecule has 2 fully saturated rings. The molecule has 0 unspecified atom stereocenters. The van der Waals surface area contributed by atoms with Gasteiger partial charge in [-0.1, -0.05) is 12.8 Å². The largest absolute Gasteiger partial charge is 0.317 e. The molecule has 0 aromatic rings. The van der Waals surface area contributed by atoms with E-state index in [1.54, 1.807) is 0 Å². The van der Waals surface area contributed by atoms with E-state index in [9.17, 15) is 0 Å². The molecule has 0 radical (unpaired) electrons. The van der Waals surface area contributed by atoms with Crippen LogP contribution in [0.15, 0.2) is 0 Å². The van der Waals surface area contributed by atoms with E-state index in [1.165, 1.54) is 71.2 Å². The Morgan fingerprint density at radius 1 is 0.875 bits per heavy atom. The monoisotopic (exact) mass is 268 g/mol. The van der Waals surface area contributed by atoms with Crippen LogP contribution in [0.1, 0.15) is 38.5 Å². The van der Waals surface area contributed by atoms with E-state index in [0.29, 0.717) is 0 Å². The Hall–Kier alpha value is 0.500. The maximum Gasteiger partial charge on any atom is 0.00106 e. The van der Waals surface area contributed by atoms with Gasteiger partial charge in [-0.25, -0.2) is 0 Å². The lowest BCUT2D eigenvalue weighted by molar-refractivity contribution is 0.212. The number of halogens is 2. The van der Waals surface area contributed by atoms with Crippen LogP contribution in [0.2, 0.25) is 0 Å². The minimum absolute atomic E-state index is 0. The van der Waals surface area contributed by atoms with E-state index >= 15 is 0 Å². The Morgan fingerprint density at radius 3 is 2.00 bits per heavy atom. The molecule has 2 nitrogen and oxygen atoms in total. The smallest absolute Gasteiger partial charge is 0.00106 e. The van der Waals surface area contributed by atoms with E-state index in [1.807, 2.05) is 0 Å². The van der Waals surface area contributed by atoms with Crippen molar-refractivity contribution in [2.45, 2.75) is 38.5 Å². The highest BCUT2D eigenvalue weighted by molar-refractivity contribution is 5.85. The van der Waals surface area contributed by atoms with Gasteiger partial charge in [0.05, 0.1) is 0 Å². The Balaban J connectivity index is 0.00000112. The van der Waals surface area contributed by atoms with Crippen LogP contribution in [0, 0.1) is 5.92 Å². The number of hydrogen-bond acceptors (Lipinski definition) is 2. The van der Waals surface area contributed by atoms with Crippen molar-refractivity contribution in [3.8, 4) is 0 Å². The standard InChI is InChI=1S/C12H24N2.2ClH/c1-2-4-10-14(9-3-1)11-12-5-7-13-8-6-12;;/h12-13H,1-11H2;2*1H. The minimum Gasteiger partial charge on any atom is -0.317 e. The summed E-state index contributed by atoms with van der Waals surface area (Å²) in [5, 5.41) is 3.45. The molecule has 0 amide bonds. The Labute approximate surface area is 112 Å². The van der Waals surface area contributed by atoms with Gasteiger partial charge in [-0.3, -0.25) is 0 Å². The van der Waals surface area contributed by atoms with Crippen LogP contribution >= 0.6 is 24.8 Å². The predicted octanol–water partition coefficient (Wildman–Crippen LogP) is 2.71. The van der Waals surface area contributed by atoms with E-state index in [4.69, 9.17) is 0 Å². The molecule has 2 rings (SSSR count). The lowest BCUT2D eigenvalue weighted by Crippen LogP contribution is -2.36. The topological polar surface area (TPSA) is 15.3 Å². The molecule has 98 valence electrons. The van der Waals surface area contributed by atoms with Crippen LogP contribution in [0.4, 0.5) is 0 Å². The van der Waals surface area contributed by atoms with E-state index < -0.39 is 0 Å². The van der Waals surface area contributed by atoms with Gasteiger partial charge in [0.1, 0.15) is 0 Å². The number of nitrogens with one attached hydrogen (secondary N) is 1. The average Bonchev–Trinajstić information content (AvgIpc) is 2.48. The molecule has 16 heavy (non-hydrogen) atoms. The summed E-state index contributed by atoms with van der Waals surface area (Å²) >= 11 is 0. The molecule has 0 atom stereocenters.